The Morgan fingerprint density at radius 1 is 1.21 bits per heavy atom. The van der Waals surface area contributed by atoms with E-state index in [1.54, 1.807) is 42.1 Å². The molecule has 0 radical (unpaired) electrons. The summed E-state index contributed by atoms with van der Waals surface area (Å²) in [4.78, 5) is 30.8. The second kappa shape index (κ2) is 8.70. The third-order valence-corrected chi connectivity index (χ3v) is 6.96. The zero-order valence-corrected chi connectivity index (χ0v) is 18.9. The Morgan fingerprint density at radius 2 is 1.91 bits per heavy atom. The molecular formula is C24H25F3N4O3. The van der Waals surface area contributed by atoms with Gasteiger partial charge < -0.3 is 19.1 Å². The van der Waals surface area contributed by atoms with E-state index in [0.29, 0.717) is 38.2 Å². The van der Waals surface area contributed by atoms with E-state index in [4.69, 9.17) is 9.68 Å². The van der Waals surface area contributed by atoms with Crippen LogP contribution in [0, 0.1) is 22.7 Å². The highest BCUT2D eigenvalue weighted by Crippen LogP contribution is 2.47. The lowest BCUT2D eigenvalue weighted by molar-refractivity contribution is -0.138. The molecule has 4 rings (SSSR count). The molecule has 0 saturated carbocycles. The van der Waals surface area contributed by atoms with Gasteiger partial charge in [-0.2, -0.15) is 18.4 Å². The quantitative estimate of drug-likeness (QED) is 0.679. The van der Waals surface area contributed by atoms with Crippen LogP contribution in [0.25, 0.3) is 0 Å². The minimum Gasteiger partial charge on any atom is -0.459 e. The van der Waals surface area contributed by atoms with Gasteiger partial charge in [0.05, 0.1) is 29.4 Å². The summed E-state index contributed by atoms with van der Waals surface area (Å²) in [6.07, 6.45) is -2.13. The number of piperidine rings is 1. The molecule has 34 heavy (non-hydrogen) atoms. The SMILES string of the molecule is CN(C)C(=O)C1CN(c2ccc(C#N)c(C(F)(F)F)c2)CC12CCN(C(=O)c1ccco1)CC2. The first-order valence-corrected chi connectivity index (χ1v) is 11.0. The molecule has 2 aliphatic heterocycles. The Morgan fingerprint density at radius 3 is 2.47 bits per heavy atom. The molecule has 2 aromatic rings. The minimum atomic E-state index is -4.66. The lowest BCUT2D eigenvalue weighted by Gasteiger charge is -2.42. The molecule has 1 aromatic heterocycles. The molecule has 0 aliphatic carbocycles. The molecule has 2 saturated heterocycles. The Kier molecular flexibility index (Phi) is 6.06. The third kappa shape index (κ3) is 4.22. The minimum absolute atomic E-state index is 0.0852. The van der Waals surface area contributed by atoms with E-state index < -0.39 is 28.6 Å². The largest absolute Gasteiger partial charge is 0.459 e. The summed E-state index contributed by atoms with van der Waals surface area (Å²) in [6.45, 7) is 1.51. The molecule has 0 bridgehead atoms. The van der Waals surface area contributed by atoms with Gasteiger partial charge in [0, 0.05) is 51.4 Å². The predicted molar refractivity (Wildman–Crippen MR) is 117 cm³/mol. The maximum atomic E-state index is 13.5. The van der Waals surface area contributed by atoms with Crippen LogP contribution >= 0.6 is 0 Å². The molecule has 180 valence electrons. The van der Waals surface area contributed by atoms with Crippen LogP contribution in [0.5, 0.6) is 0 Å². The predicted octanol–water partition coefficient (Wildman–Crippen LogP) is 3.62. The number of halogens is 3. The lowest BCUT2D eigenvalue weighted by atomic mass is 9.70. The number of carbonyl (C=O) groups is 2. The molecule has 0 N–H and O–H groups in total. The molecule has 2 amide bonds. The highest BCUT2D eigenvalue weighted by atomic mass is 19.4. The van der Waals surface area contributed by atoms with Crippen molar-refractivity contribution in [3.05, 3.63) is 53.5 Å². The van der Waals surface area contributed by atoms with Crippen molar-refractivity contribution in [2.45, 2.75) is 19.0 Å². The first-order chi connectivity index (χ1) is 16.1. The first-order valence-electron chi connectivity index (χ1n) is 11.0. The van der Waals surface area contributed by atoms with Crippen molar-refractivity contribution in [3.63, 3.8) is 0 Å². The third-order valence-electron chi connectivity index (χ3n) is 6.96. The maximum Gasteiger partial charge on any atom is 0.417 e. The molecule has 7 nitrogen and oxygen atoms in total. The van der Waals surface area contributed by atoms with Gasteiger partial charge in [0.1, 0.15) is 0 Å². The van der Waals surface area contributed by atoms with E-state index >= 15 is 0 Å². The lowest BCUT2D eigenvalue weighted by Crippen LogP contribution is -2.49. The van der Waals surface area contributed by atoms with Gasteiger partial charge in [0.25, 0.3) is 5.91 Å². The number of likely N-dealkylation sites (tertiary alicyclic amines) is 1. The van der Waals surface area contributed by atoms with Crippen molar-refractivity contribution in [1.29, 1.82) is 5.26 Å². The fourth-order valence-electron chi connectivity index (χ4n) is 5.10. The van der Waals surface area contributed by atoms with Gasteiger partial charge >= 0.3 is 6.18 Å². The van der Waals surface area contributed by atoms with E-state index in [1.165, 1.54) is 23.3 Å². The Bertz CT molecular complexity index is 1110. The van der Waals surface area contributed by atoms with Crippen LogP contribution in [-0.2, 0) is 11.0 Å². The average molecular weight is 474 g/mol. The van der Waals surface area contributed by atoms with Crippen molar-refractivity contribution < 1.29 is 27.2 Å². The fraction of sp³-hybridized carbons (Fsp3) is 0.458. The van der Waals surface area contributed by atoms with Crippen molar-refractivity contribution in [3.8, 4) is 6.07 Å². The second-order valence-corrected chi connectivity index (χ2v) is 9.14. The highest BCUT2D eigenvalue weighted by molar-refractivity contribution is 5.91. The standard InChI is InChI=1S/C24H25F3N4O3/c1-29(2)21(32)19-14-31(17-6-5-16(13-28)18(12-17)24(25,26)27)15-23(19)7-9-30(10-8-23)22(33)20-4-3-11-34-20/h3-6,11-12,19H,7-10,14-15H2,1-2H3. The number of nitrogens with zero attached hydrogens (tertiary/aromatic N) is 4. The molecule has 1 spiro atoms. The summed E-state index contributed by atoms with van der Waals surface area (Å²) >= 11 is 0. The second-order valence-electron chi connectivity index (χ2n) is 9.14. The van der Waals surface area contributed by atoms with Crippen LogP contribution in [-0.4, -0.2) is 61.9 Å². The van der Waals surface area contributed by atoms with Crippen LogP contribution in [0.15, 0.2) is 41.0 Å². The summed E-state index contributed by atoms with van der Waals surface area (Å²) in [6, 6.07) is 8.52. The summed E-state index contributed by atoms with van der Waals surface area (Å²) in [5.74, 6) is -0.472. The number of anilines is 1. The summed E-state index contributed by atoms with van der Waals surface area (Å²) < 4.78 is 45.8. The molecule has 3 heterocycles. The number of rotatable bonds is 3. The smallest absolute Gasteiger partial charge is 0.417 e. The average Bonchev–Trinajstić information content (AvgIpc) is 3.46. The fourth-order valence-corrected chi connectivity index (χ4v) is 5.10. The van der Waals surface area contributed by atoms with Gasteiger partial charge in [0.15, 0.2) is 5.76 Å². The number of alkyl halides is 3. The molecule has 1 unspecified atom stereocenters. The zero-order valence-electron chi connectivity index (χ0n) is 18.9. The zero-order chi connectivity index (χ0) is 24.7. The number of hydrogen-bond donors (Lipinski definition) is 0. The summed E-state index contributed by atoms with van der Waals surface area (Å²) in [7, 11) is 3.33. The monoisotopic (exact) mass is 474 g/mol. The van der Waals surface area contributed by atoms with Crippen LogP contribution in [0.1, 0.15) is 34.5 Å². The van der Waals surface area contributed by atoms with Crippen LogP contribution < -0.4 is 4.90 Å². The van der Waals surface area contributed by atoms with Crippen LogP contribution in [0.3, 0.4) is 0 Å². The molecule has 1 aromatic carbocycles. The molecule has 1 atom stereocenters. The Hall–Kier alpha value is -3.48. The summed E-state index contributed by atoms with van der Waals surface area (Å²) in [5.41, 5.74) is -1.57. The maximum absolute atomic E-state index is 13.5. The normalized spacial score (nSPS) is 19.8. The Balaban J connectivity index is 1.60. The molecule has 2 fully saturated rings. The van der Waals surface area contributed by atoms with E-state index in [0.717, 1.165) is 6.07 Å². The van der Waals surface area contributed by atoms with Gasteiger partial charge in [-0.15, -0.1) is 0 Å². The molecular weight excluding hydrogens is 449 g/mol. The van der Waals surface area contributed by atoms with Crippen LogP contribution in [0.4, 0.5) is 18.9 Å². The van der Waals surface area contributed by atoms with Gasteiger partial charge in [-0.25, -0.2) is 0 Å². The van der Waals surface area contributed by atoms with E-state index in [9.17, 15) is 22.8 Å². The summed E-state index contributed by atoms with van der Waals surface area (Å²) in [5, 5.41) is 9.10. The van der Waals surface area contributed by atoms with Crippen molar-refractivity contribution in [2.75, 3.05) is 45.2 Å². The molecule has 10 heteroatoms. The number of carbonyl (C=O) groups excluding carboxylic acids is 2. The van der Waals surface area contributed by atoms with Crippen molar-refractivity contribution >= 4 is 17.5 Å². The van der Waals surface area contributed by atoms with Gasteiger partial charge in [0.2, 0.25) is 5.91 Å². The van der Waals surface area contributed by atoms with E-state index in [1.807, 2.05) is 0 Å². The first kappa shape index (κ1) is 23.7. The number of furan rings is 1. The van der Waals surface area contributed by atoms with Crippen molar-refractivity contribution in [2.24, 2.45) is 11.3 Å². The number of amides is 2. The van der Waals surface area contributed by atoms with E-state index in [-0.39, 0.29) is 24.1 Å². The highest BCUT2D eigenvalue weighted by Gasteiger charge is 2.52. The van der Waals surface area contributed by atoms with E-state index in [2.05, 4.69) is 0 Å². The van der Waals surface area contributed by atoms with Gasteiger partial charge in [-0.05, 0) is 43.2 Å². The Labute approximate surface area is 195 Å². The topological polar surface area (TPSA) is 80.8 Å². The van der Waals surface area contributed by atoms with Gasteiger partial charge in [-0.3, -0.25) is 9.59 Å². The number of benzene rings is 1. The van der Waals surface area contributed by atoms with Crippen molar-refractivity contribution in [1.82, 2.24) is 9.80 Å². The number of hydrogen-bond acceptors (Lipinski definition) is 5. The van der Waals surface area contributed by atoms with Crippen LogP contribution in [0.2, 0.25) is 0 Å². The molecule has 2 aliphatic rings. The van der Waals surface area contributed by atoms with Gasteiger partial charge in [-0.1, -0.05) is 0 Å². The number of nitriles is 1.